The first-order chi connectivity index (χ1) is 10.9. The number of hydrogen-bond acceptors (Lipinski definition) is 4. The molecule has 0 aliphatic carbocycles. The summed E-state index contributed by atoms with van der Waals surface area (Å²) >= 11 is 2.11. The van der Waals surface area contributed by atoms with Crippen LogP contribution >= 0.6 is 11.8 Å². The Balaban J connectivity index is 1.68. The number of thioether (sulfide) groups is 1. The molecule has 2 unspecified atom stereocenters. The van der Waals surface area contributed by atoms with Crippen molar-refractivity contribution in [3.05, 3.63) is 24.2 Å². The minimum absolute atomic E-state index is 0.514. The molecule has 0 spiro atoms. The Bertz CT molecular complexity index is 627. The zero-order chi connectivity index (χ0) is 14.8. The van der Waals surface area contributed by atoms with Crippen LogP contribution in [0.3, 0.4) is 0 Å². The van der Waals surface area contributed by atoms with E-state index in [0.717, 1.165) is 36.6 Å². The third kappa shape index (κ3) is 2.88. The highest BCUT2D eigenvalue weighted by Gasteiger charge is 2.24. The summed E-state index contributed by atoms with van der Waals surface area (Å²) < 4.78 is 2.45. The van der Waals surface area contributed by atoms with Crippen molar-refractivity contribution in [1.82, 2.24) is 19.9 Å². The highest BCUT2D eigenvalue weighted by atomic mass is 32.2. The van der Waals surface area contributed by atoms with Crippen LogP contribution in [0.25, 0.3) is 11.2 Å². The van der Waals surface area contributed by atoms with Gasteiger partial charge in [0.1, 0.15) is 11.3 Å². The van der Waals surface area contributed by atoms with Crippen LogP contribution in [0.15, 0.2) is 18.3 Å². The van der Waals surface area contributed by atoms with Crippen LogP contribution in [0, 0.1) is 5.92 Å². The molecule has 1 N–H and O–H groups in total. The van der Waals surface area contributed by atoms with Crippen LogP contribution in [0.2, 0.25) is 0 Å². The number of rotatable bonds is 3. The van der Waals surface area contributed by atoms with E-state index in [9.17, 15) is 0 Å². The van der Waals surface area contributed by atoms with Gasteiger partial charge in [0.2, 0.25) is 0 Å². The molecule has 0 aromatic carbocycles. The maximum Gasteiger partial charge on any atom is 0.160 e. The summed E-state index contributed by atoms with van der Waals surface area (Å²) in [5.41, 5.74) is 2.14. The predicted molar refractivity (Wildman–Crippen MR) is 92.4 cm³/mol. The van der Waals surface area contributed by atoms with Gasteiger partial charge < -0.3 is 9.88 Å². The number of aromatic nitrogens is 3. The van der Waals surface area contributed by atoms with Crippen LogP contribution in [-0.2, 0) is 6.42 Å². The van der Waals surface area contributed by atoms with E-state index in [1.54, 1.807) is 0 Å². The molecule has 2 aliphatic rings. The lowest BCUT2D eigenvalue weighted by Gasteiger charge is -2.27. The summed E-state index contributed by atoms with van der Waals surface area (Å²) in [6, 6.07) is 4.62. The highest BCUT2D eigenvalue weighted by molar-refractivity contribution is 7.99. The molecular weight excluding hydrogens is 292 g/mol. The van der Waals surface area contributed by atoms with Crippen molar-refractivity contribution < 1.29 is 0 Å². The molecule has 4 rings (SSSR count). The molecule has 0 amide bonds. The summed E-state index contributed by atoms with van der Waals surface area (Å²) in [4.78, 5) is 9.58. The van der Waals surface area contributed by atoms with Crippen molar-refractivity contribution in [3.8, 4) is 0 Å². The zero-order valence-corrected chi connectivity index (χ0v) is 13.8. The average Bonchev–Trinajstić information content (AvgIpc) is 2.94. The molecule has 2 aliphatic heterocycles. The Labute approximate surface area is 136 Å². The molecule has 2 saturated heterocycles. The topological polar surface area (TPSA) is 42.7 Å². The lowest BCUT2D eigenvalue weighted by atomic mass is 10.0. The SMILES string of the molecule is c1cnc2c(c1)nc(CC1CCCSC1)n2C1CCCNC1. The molecule has 0 saturated carbocycles. The molecule has 2 fully saturated rings. The van der Waals surface area contributed by atoms with Crippen LogP contribution in [-0.4, -0.2) is 39.1 Å². The fourth-order valence-electron chi connectivity index (χ4n) is 3.78. The predicted octanol–water partition coefficient (Wildman–Crippen LogP) is 3.04. The number of nitrogens with one attached hydrogen (secondary N) is 1. The first kappa shape index (κ1) is 14.5. The Morgan fingerprint density at radius 2 is 2.32 bits per heavy atom. The van der Waals surface area contributed by atoms with E-state index < -0.39 is 0 Å². The maximum absolute atomic E-state index is 4.95. The van der Waals surface area contributed by atoms with E-state index in [0.29, 0.717) is 6.04 Å². The fourth-order valence-corrected chi connectivity index (χ4v) is 4.94. The molecule has 2 aromatic rings. The second-order valence-electron chi connectivity index (χ2n) is 6.53. The molecule has 0 bridgehead atoms. The standard InChI is InChI=1S/C17H24N4S/c1-5-14(11-18-7-1)21-16(10-13-4-3-9-22-12-13)20-15-6-2-8-19-17(15)21/h2,6,8,13-14,18H,1,3-5,7,9-12H2. The summed E-state index contributed by atoms with van der Waals surface area (Å²) in [7, 11) is 0. The second-order valence-corrected chi connectivity index (χ2v) is 7.68. The van der Waals surface area contributed by atoms with Crippen LogP contribution in [0.5, 0.6) is 0 Å². The van der Waals surface area contributed by atoms with Crippen molar-refractivity contribution in [1.29, 1.82) is 0 Å². The van der Waals surface area contributed by atoms with Crippen molar-refractivity contribution >= 4 is 22.9 Å². The van der Waals surface area contributed by atoms with Crippen molar-refractivity contribution in [3.63, 3.8) is 0 Å². The number of imidazole rings is 1. The van der Waals surface area contributed by atoms with Gasteiger partial charge in [-0.2, -0.15) is 11.8 Å². The minimum Gasteiger partial charge on any atom is -0.315 e. The molecule has 4 nitrogen and oxygen atoms in total. The normalized spacial score (nSPS) is 26.4. The Hall–Kier alpha value is -1.07. The lowest BCUT2D eigenvalue weighted by Crippen LogP contribution is -2.33. The molecule has 22 heavy (non-hydrogen) atoms. The van der Waals surface area contributed by atoms with Gasteiger partial charge in [0.05, 0.1) is 0 Å². The highest BCUT2D eigenvalue weighted by Crippen LogP contribution is 2.29. The number of pyridine rings is 1. The smallest absolute Gasteiger partial charge is 0.160 e. The third-order valence-electron chi connectivity index (χ3n) is 4.88. The van der Waals surface area contributed by atoms with Crippen LogP contribution in [0.1, 0.15) is 37.5 Å². The van der Waals surface area contributed by atoms with E-state index in [4.69, 9.17) is 4.98 Å². The summed E-state index contributed by atoms with van der Waals surface area (Å²) in [6.45, 7) is 2.19. The monoisotopic (exact) mass is 316 g/mol. The lowest BCUT2D eigenvalue weighted by molar-refractivity contribution is 0.362. The number of piperidine rings is 1. The van der Waals surface area contributed by atoms with Gasteiger partial charge in [0.25, 0.3) is 0 Å². The number of nitrogens with zero attached hydrogens (tertiary/aromatic N) is 3. The van der Waals surface area contributed by atoms with Crippen LogP contribution < -0.4 is 5.32 Å². The summed E-state index contributed by atoms with van der Waals surface area (Å²) in [6.07, 6.45) is 8.21. The second kappa shape index (κ2) is 6.59. The molecular formula is C17H24N4S. The molecule has 0 radical (unpaired) electrons. The maximum atomic E-state index is 4.95. The van der Waals surface area contributed by atoms with Crippen molar-refractivity contribution in [2.24, 2.45) is 5.92 Å². The molecule has 2 aromatic heterocycles. The van der Waals surface area contributed by atoms with E-state index in [1.165, 1.54) is 43.0 Å². The fraction of sp³-hybridized carbons (Fsp3) is 0.647. The Kier molecular flexibility index (Phi) is 4.35. The molecule has 2 atom stereocenters. The van der Waals surface area contributed by atoms with Gasteiger partial charge in [-0.05, 0) is 61.8 Å². The zero-order valence-electron chi connectivity index (χ0n) is 13.0. The largest absolute Gasteiger partial charge is 0.315 e. The van der Waals surface area contributed by atoms with Gasteiger partial charge >= 0.3 is 0 Å². The minimum atomic E-state index is 0.514. The van der Waals surface area contributed by atoms with Gasteiger partial charge in [-0.15, -0.1) is 0 Å². The molecule has 5 heteroatoms. The first-order valence-electron chi connectivity index (χ1n) is 8.52. The van der Waals surface area contributed by atoms with Gasteiger partial charge in [0, 0.05) is 25.2 Å². The molecule has 118 valence electrons. The quantitative estimate of drug-likeness (QED) is 0.945. The van der Waals surface area contributed by atoms with Gasteiger partial charge in [-0.3, -0.25) is 0 Å². The van der Waals surface area contributed by atoms with E-state index in [-0.39, 0.29) is 0 Å². The van der Waals surface area contributed by atoms with Crippen molar-refractivity contribution in [2.75, 3.05) is 24.6 Å². The van der Waals surface area contributed by atoms with E-state index in [1.807, 2.05) is 12.3 Å². The van der Waals surface area contributed by atoms with Crippen LogP contribution in [0.4, 0.5) is 0 Å². The first-order valence-corrected chi connectivity index (χ1v) is 9.67. The number of hydrogen-bond donors (Lipinski definition) is 1. The third-order valence-corrected chi connectivity index (χ3v) is 6.17. The summed E-state index contributed by atoms with van der Waals surface area (Å²) in [5, 5.41) is 3.54. The molecule has 4 heterocycles. The van der Waals surface area contributed by atoms with Gasteiger partial charge in [0.15, 0.2) is 5.65 Å². The van der Waals surface area contributed by atoms with Crippen molar-refractivity contribution in [2.45, 2.75) is 38.1 Å². The van der Waals surface area contributed by atoms with E-state index in [2.05, 4.69) is 32.7 Å². The van der Waals surface area contributed by atoms with Gasteiger partial charge in [-0.1, -0.05) is 0 Å². The summed E-state index contributed by atoms with van der Waals surface area (Å²) in [5.74, 6) is 4.67. The number of fused-ring (bicyclic) bond motifs is 1. The van der Waals surface area contributed by atoms with Gasteiger partial charge in [-0.25, -0.2) is 9.97 Å². The Morgan fingerprint density at radius 1 is 1.32 bits per heavy atom. The Morgan fingerprint density at radius 3 is 3.14 bits per heavy atom. The average molecular weight is 316 g/mol. The van der Waals surface area contributed by atoms with E-state index >= 15 is 0 Å².